The number of alkyl halides is 4. The molecule has 2 aromatic carbocycles. The van der Waals surface area contributed by atoms with Gasteiger partial charge in [-0.05, 0) is 37.5 Å². The zero-order chi connectivity index (χ0) is 20.8. The van der Waals surface area contributed by atoms with Crippen LogP contribution in [0, 0.1) is 6.92 Å². The number of ketones is 1. The number of hydrogen-bond donors (Lipinski definition) is 1. The Morgan fingerprint density at radius 1 is 1.00 bits per heavy atom. The first-order valence-corrected chi connectivity index (χ1v) is 8.92. The molecule has 3 nitrogen and oxygen atoms in total. The molecule has 0 fully saturated rings. The molecule has 2 aromatic rings. The maximum atomic E-state index is 13.8. The Morgan fingerprint density at radius 2 is 1.61 bits per heavy atom. The fourth-order valence-corrected chi connectivity index (χ4v) is 2.70. The maximum Gasteiger partial charge on any atom is 0.411 e. The van der Waals surface area contributed by atoms with Gasteiger partial charge in [-0.1, -0.05) is 42.0 Å². The van der Waals surface area contributed by atoms with Gasteiger partial charge in [-0.15, -0.1) is 0 Å². The summed E-state index contributed by atoms with van der Waals surface area (Å²) in [7, 11) is 0. The van der Waals surface area contributed by atoms with Crippen LogP contribution in [0.2, 0.25) is 0 Å². The number of aryl methyl sites for hydroxylation is 1. The van der Waals surface area contributed by atoms with Crippen LogP contribution in [0.5, 0.6) is 5.75 Å². The number of hydrogen-bond acceptors (Lipinski definition) is 3. The molecule has 0 saturated carbocycles. The van der Waals surface area contributed by atoms with Crippen LogP contribution in [0.15, 0.2) is 48.5 Å². The zero-order valence-electron chi connectivity index (χ0n) is 15.6. The van der Waals surface area contributed by atoms with Gasteiger partial charge in [0.05, 0.1) is 13.3 Å². The molecule has 1 atom stereocenters. The van der Waals surface area contributed by atoms with E-state index in [0.29, 0.717) is 18.6 Å². The predicted octanol–water partition coefficient (Wildman–Crippen LogP) is 5.11. The van der Waals surface area contributed by atoms with Crippen molar-refractivity contribution in [1.82, 2.24) is 0 Å². The third-order valence-electron chi connectivity index (χ3n) is 4.48. The van der Waals surface area contributed by atoms with Gasteiger partial charge in [0, 0.05) is 12.0 Å². The summed E-state index contributed by atoms with van der Waals surface area (Å²) in [5.41, 5.74) is 3.76. The molecule has 0 bridgehead atoms. The third kappa shape index (κ3) is 5.32. The van der Waals surface area contributed by atoms with Gasteiger partial charge in [0.15, 0.2) is 5.78 Å². The van der Waals surface area contributed by atoms with Gasteiger partial charge in [0.2, 0.25) is 0 Å². The summed E-state index contributed by atoms with van der Waals surface area (Å²) >= 11 is 0. The summed E-state index contributed by atoms with van der Waals surface area (Å²) in [6.45, 7) is 1.64. The Kier molecular flexibility index (Phi) is 7.18. The van der Waals surface area contributed by atoms with Crippen molar-refractivity contribution < 1.29 is 27.1 Å². The van der Waals surface area contributed by atoms with E-state index in [-0.39, 0.29) is 17.7 Å². The fraction of sp³-hybridized carbons (Fsp3) is 0.381. The van der Waals surface area contributed by atoms with Gasteiger partial charge in [0.25, 0.3) is 0 Å². The molecule has 0 aromatic heterocycles. The second kappa shape index (κ2) is 9.19. The van der Waals surface area contributed by atoms with Crippen molar-refractivity contribution in [3.05, 3.63) is 65.2 Å². The van der Waals surface area contributed by atoms with Crippen LogP contribution in [0.1, 0.15) is 40.7 Å². The number of halogens is 4. The van der Waals surface area contributed by atoms with E-state index in [2.05, 4.69) is 0 Å². The second-order valence-electron chi connectivity index (χ2n) is 6.70. The molecule has 0 amide bonds. The molecule has 152 valence electrons. The summed E-state index contributed by atoms with van der Waals surface area (Å²) < 4.78 is 58.7. The van der Waals surface area contributed by atoms with E-state index in [1.165, 1.54) is 36.4 Å². The minimum atomic E-state index is -4.82. The summed E-state index contributed by atoms with van der Waals surface area (Å²) in [5.74, 6) is -0.330. The molecule has 0 unspecified atom stereocenters. The van der Waals surface area contributed by atoms with Gasteiger partial charge >= 0.3 is 6.18 Å². The maximum absolute atomic E-state index is 13.8. The highest BCUT2D eigenvalue weighted by atomic mass is 19.4. The number of nitrogens with two attached hydrogens (primary N) is 1. The van der Waals surface area contributed by atoms with E-state index in [1.54, 1.807) is 12.1 Å². The lowest BCUT2D eigenvalue weighted by Crippen LogP contribution is -2.51. The standard InChI is InChI=1S/C21H23F4NO2/c1-15-4-6-16(7-5-15)19(27)14-20(26,21(23,24)25)17-8-10-18(11-9-17)28-13-3-2-12-22/h4-11H,2-3,12-14,26H2,1H3/t20-/m1/s1. The van der Waals surface area contributed by atoms with E-state index >= 15 is 0 Å². The highest BCUT2D eigenvalue weighted by Gasteiger charge is 2.54. The molecular formula is C21H23F4NO2. The van der Waals surface area contributed by atoms with Crippen molar-refractivity contribution in [3.63, 3.8) is 0 Å². The van der Waals surface area contributed by atoms with Gasteiger partial charge in [-0.3, -0.25) is 9.18 Å². The lowest BCUT2D eigenvalue weighted by atomic mass is 9.83. The number of carbonyl (C=O) groups excluding carboxylic acids is 1. The number of rotatable bonds is 9. The van der Waals surface area contributed by atoms with Crippen molar-refractivity contribution in [1.29, 1.82) is 0 Å². The Morgan fingerprint density at radius 3 is 2.14 bits per heavy atom. The second-order valence-corrected chi connectivity index (χ2v) is 6.70. The molecule has 0 radical (unpaired) electrons. The van der Waals surface area contributed by atoms with Crippen molar-refractivity contribution in [3.8, 4) is 5.75 Å². The zero-order valence-corrected chi connectivity index (χ0v) is 15.6. The Hall–Kier alpha value is -2.41. The monoisotopic (exact) mass is 397 g/mol. The van der Waals surface area contributed by atoms with Crippen LogP contribution in [-0.4, -0.2) is 25.2 Å². The van der Waals surface area contributed by atoms with E-state index < -0.39 is 30.6 Å². The summed E-state index contributed by atoms with van der Waals surface area (Å²) in [6.07, 6.45) is -4.86. The lowest BCUT2D eigenvalue weighted by molar-refractivity contribution is -0.188. The first kappa shape index (κ1) is 21.9. The first-order valence-electron chi connectivity index (χ1n) is 8.92. The largest absolute Gasteiger partial charge is 0.494 e. The summed E-state index contributed by atoms with van der Waals surface area (Å²) in [4.78, 5) is 12.4. The van der Waals surface area contributed by atoms with E-state index in [1.807, 2.05) is 6.92 Å². The van der Waals surface area contributed by atoms with Crippen molar-refractivity contribution in [2.45, 2.75) is 37.9 Å². The van der Waals surface area contributed by atoms with Crippen LogP contribution in [0.3, 0.4) is 0 Å². The summed E-state index contributed by atoms with van der Waals surface area (Å²) in [6, 6.07) is 11.5. The van der Waals surface area contributed by atoms with Crippen LogP contribution in [-0.2, 0) is 5.54 Å². The Bertz CT molecular complexity index is 772. The van der Waals surface area contributed by atoms with E-state index in [9.17, 15) is 22.4 Å². The molecule has 0 spiro atoms. The van der Waals surface area contributed by atoms with Crippen LogP contribution >= 0.6 is 0 Å². The molecule has 2 rings (SSSR count). The topological polar surface area (TPSA) is 52.3 Å². The SMILES string of the molecule is Cc1ccc(C(=O)C[C@@](N)(c2ccc(OCCCCF)cc2)C(F)(F)F)cc1. The van der Waals surface area contributed by atoms with E-state index in [4.69, 9.17) is 10.5 Å². The quantitative estimate of drug-likeness (QED) is 0.363. The fourth-order valence-electron chi connectivity index (χ4n) is 2.70. The molecule has 0 aliphatic rings. The normalized spacial score (nSPS) is 13.8. The third-order valence-corrected chi connectivity index (χ3v) is 4.48. The van der Waals surface area contributed by atoms with Crippen molar-refractivity contribution in [2.24, 2.45) is 5.73 Å². The minimum Gasteiger partial charge on any atom is -0.494 e. The first-order chi connectivity index (χ1) is 13.2. The van der Waals surface area contributed by atoms with Crippen molar-refractivity contribution >= 4 is 5.78 Å². The molecule has 0 heterocycles. The molecule has 0 aliphatic heterocycles. The molecule has 0 aliphatic carbocycles. The predicted molar refractivity (Wildman–Crippen MR) is 99.2 cm³/mol. The average Bonchev–Trinajstić information content (AvgIpc) is 2.65. The number of Topliss-reactive ketones (excluding diaryl/α,β-unsaturated/α-hetero) is 1. The van der Waals surface area contributed by atoms with Crippen LogP contribution in [0.25, 0.3) is 0 Å². The average molecular weight is 397 g/mol. The van der Waals surface area contributed by atoms with Crippen LogP contribution in [0.4, 0.5) is 17.6 Å². The Balaban J connectivity index is 2.20. The minimum absolute atomic E-state index is 0.178. The number of benzene rings is 2. The van der Waals surface area contributed by atoms with Gasteiger partial charge in [-0.25, -0.2) is 0 Å². The molecule has 0 saturated heterocycles. The molecular weight excluding hydrogens is 374 g/mol. The van der Waals surface area contributed by atoms with Crippen molar-refractivity contribution in [2.75, 3.05) is 13.3 Å². The highest BCUT2D eigenvalue weighted by molar-refractivity contribution is 5.97. The Labute approximate surface area is 161 Å². The highest BCUT2D eigenvalue weighted by Crippen LogP contribution is 2.40. The smallest absolute Gasteiger partial charge is 0.411 e. The van der Waals surface area contributed by atoms with Gasteiger partial charge in [-0.2, -0.15) is 13.2 Å². The summed E-state index contributed by atoms with van der Waals surface area (Å²) in [5, 5.41) is 0. The molecule has 28 heavy (non-hydrogen) atoms. The van der Waals surface area contributed by atoms with E-state index in [0.717, 1.165) is 5.56 Å². The molecule has 7 heteroatoms. The van der Waals surface area contributed by atoms with Crippen LogP contribution < -0.4 is 10.5 Å². The van der Waals surface area contributed by atoms with Gasteiger partial charge in [0.1, 0.15) is 11.3 Å². The van der Waals surface area contributed by atoms with Gasteiger partial charge < -0.3 is 10.5 Å². The number of ether oxygens (including phenoxy) is 1. The molecule has 2 N–H and O–H groups in total. The lowest BCUT2D eigenvalue weighted by Gasteiger charge is -2.32. The number of carbonyl (C=O) groups is 1. The number of unbranched alkanes of at least 4 members (excludes halogenated alkanes) is 1.